The fourth-order valence-corrected chi connectivity index (χ4v) is 2.80. The molecule has 0 radical (unpaired) electrons. The summed E-state index contributed by atoms with van der Waals surface area (Å²) < 4.78 is 10.9. The van der Waals surface area contributed by atoms with Gasteiger partial charge < -0.3 is 9.47 Å². The lowest BCUT2D eigenvalue weighted by atomic mass is 9.90. The summed E-state index contributed by atoms with van der Waals surface area (Å²) in [6.07, 6.45) is -0.383. The zero-order valence-electron chi connectivity index (χ0n) is 11.8. The Morgan fingerprint density at radius 1 is 1.19 bits per heavy atom. The van der Waals surface area contributed by atoms with Crippen LogP contribution in [0, 0.1) is 6.92 Å². The molecule has 21 heavy (non-hydrogen) atoms. The normalized spacial score (nSPS) is 19.8. The summed E-state index contributed by atoms with van der Waals surface area (Å²) in [7, 11) is 1.40. The predicted octanol–water partition coefficient (Wildman–Crippen LogP) is 4.04. The molecular weight excluding hydrogens is 288 g/mol. The van der Waals surface area contributed by atoms with Crippen molar-refractivity contribution < 1.29 is 14.3 Å². The summed E-state index contributed by atoms with van der Waals surface area (Å²) in [5.74, 6) is -0.0127. The number of esters is 1. The van der Waals surface area contributed by atoms with Gasteiger partial charge in [0.05, 0.1) is 7.11 Å². The Morgan fingerprint density at radius 2 is 1.90 bits per heavy atom. The van der Waals surface area contributed by atoms with Crippen LogP contribution in [0.2, 0.25) is 5.02 Å². The van der Waals surface area contributed by atoms with Gasteiger partial charge in [-0.15, -0.1) is 0 Å². The quantitative estimate of drug-likeness (QED) is 0.785. The molecule has 0 bridgehead atoms. The number of carbonyl (C=O) groups is 1. The highest BCUT2D eigenvalue weighted by Gasteiger charge is 2.41. The molecule has 3 rings (SSSR count). The van der Waals surface area contributed by atoms with E-state index in [4.69, 9.17) is 21.1 Å². The van der Waals surface area contributed by atoms with Crippen molar-refractivity contribution in [1.29, 1.82) is 0 Å². The number of hydrogen-bond donors (Lipinski definition) is 0. The minimum Gasteiger partial charge on any atom is -0.484 e. The number of carbonyl (C=O) groups excluding carboxylic acids is 1. The molecule has 0 fully saturated rings. The Hall–Kier alpha value is -2.00. The van der Waals surface area contributed by atoms with Gasteiger partial charge in [0, 0.05) is 10.6 Å². The largest absolute Gasteiger partial charge is 0.484 e. The van der Waals surface area contributed by atoms with Crippen molar-refractivity contribution in [2.24, 2.45) is 0 Å². The van der Waals surface area contributed by atoms with Crippen LogP contribution in [0.4, 0.5) is 0 Å². The first kappa shape index (κ1) is 14.0. The van der Waals surface area contributed by atoms with Crippen molar-refractivity contribution in [3.63, 3.8) is 0 Å². The van der Waals surface area contributed by atoms with E-state index in [1.807, 2.05) is 37.3 Å². The molecule has 2 atom stereocenters. The van der Waals surface area contributed by atoms with Gasteiger partial charge in [-0.05, 0) is 30.7 Å². The van der Waals surface area contributed by atoms with Gasteiger partial charge in [0.15, 0.2) is 0 Å². The molecule has 0 saturated carbocycles. The second-order valence-electron chi connectivity index (χ2n) is 5.13. The number of ether oxygens (including phenoxy) is 2. The summed E-state index contributed by atoms with van der Waals surface area (Å²) >= 11 is 5.92. The molecule has 4 heteroatoms. The highest BCUT2D eigenvalue weighted by Crippen LogP contribution is 2.47. The highest BCUT2D eigenvalue weighted by molar-refractivity contribution is 6.30. The van der Waals surface area contributed by atoms with Crippen LogP contribution in [0.5, 0.6) is 5.75 Å². The average Bonchev–Trinajstić information content (AvgIpc) is 2.85. The van der Waals surface area contributed by atoms with E-state index in [-0.39, 0.29) is 12.1 Å². The highest BCUT2D eigenvalue weighted by atomic mass is 35.5. The molecule has 2 unspecified atom stereocenters. The molecule has 2 aromatic rings. The minimum atomic E-state index is -0.453. The van der Waals surface area contributed by atoms with Gasteiger partial charge in [0.25, 0.3) is 0 Å². The third-order valence-electron chi connectivity index (χ3n) is 3.71. The van der Waals surface area contributed by atoms with Crippen molar-refractivity contribution in [1.82, 2.24) is 0 Å². The van der Waals surface area contributed by atoms with Crippen LogP contribution >= 0.6 is 11.6 Å². The van der Waals surface area contributed by atoms with E-state index >= 15 is 0 Å². The van der Waals surface area contributed by atoms with Crippen molar-refractivity contribution >= 4 is 17.6 Å². The van der Waals surface area contributed by atoms with E-state index in [1.54, 1.807) is 12.1 Å². The van der Waals surface area contributed by atoms with Crippen LogP contribution in [-0.4, -0.2) is 13.1 Å². The standard InChI is InChI=1S/C17H15ClO3/c1-10-3-8-14-13(9-10)15(17(19)20-2)16(21-14)11-4-6-12(18)7-5-11/h3-9,15-16H,1-2H3. The fraction of sp³-hybridized carbons (Fsp3) is 0.235. The monoisotopic (exact) mass is 302 g/mol. The van der Waals surface area contributed by atoms with Gasteiger partial charge >= 0.3 is 5.97 Å². The molecule has 0 aromatic heterocycles. The van der Waals surface area contributed by atoms with E-state index in [1.165, 1.54) is 7.11 Å². The van der Waals surface area contributed by atoms with E-state index in [0.717, 1.165) is 22.4 Å². The maximum absolute atomic E-state index is 12.2. The molecule has 0 amide bonds. The molecule has 0 spiro atoms. The van der Waals surface area contributed by atoms with Crippen LogP contribution in [0.15, 0.2) is 42.5 Å². The molecule has 1 aliphatic heterocycles. The Kier molecular flexibility index (Phi) is 3.60. The molecular formula is C17H15ClO3. The van der Waals surface area contributed by atoms with E-state index < -0.39 is 5.92 Å². The first-order chi connectivity index (χ1) is 10.1. The molecule has 1 heterocycles. The molecule has 0 N–H and O–H groups in total. The van der Waals surface area contributed by atoms with Gasteiger partial charge in [-0.3, -0.25) is 4.79 Å². The van der Waals surface area contributed by atoms with Gasteiger partial charge in [0.2, 0.25) is 0 Å². The zero-order valence-corrected chi connectivity index (χ0v) is 12.6. The average molecular weight is 303 g/mol. The van der Waals surface area contributed by atoms with Crippen LogP contribution in [-0.2, 0) is 9.53 Å². The Bertz CT molecular complexity index is 679. The minimum absolute atomic E-state index is 0.292. The summed E-state index contributed by atoms with van der Waals surface area (Å²) in [5.41, 5.74) is 2.87. The van der Waals surface area contributed by atoms with Gasteiger partial charge in [-0.25, -0.2) is 0 Å². The lowest BCUT2D eigenvalue weighted by Crippen LogP contribution is -2.20. The second-order valence-corrected chi connectivity index (χ2v) is 5.57. The first-order valence-electron chi connectivity index (χ1n) is 6.70. The number of fused-ring (bicyclic) bond motifs is 1. The number of benzene rings is 2. The number of methoxy groups -OCH3 is 1. The molecule has 1 aliphatic rings. The summed E-state index contributed by atoms with van der Waals surface area (Å²) in [4.78, 5) is 12.2. The lowest BCUT2D eigenvalue weighted by Gasteiger charge is -2.17. The fourth-order valence-electron chi connectivity index (χ4n) is 2.68. The van der Waals surface area contributed by atoms with Crippen LogP contribution < -0.4 is 4.74 Å². The first-order valence-corrected chi connectivity index (χ1v) is 7.08. The van der Waals surface area contributed by atoms with Crippen LogP contribution in [0.3, 0.4) is 0 Å². The van der Waals surface area contributed by atoms with Crippen LogP contribution in [0.1, 0.15) is 28.7 Å². The molecule has 3 nitrogen and oxygen atoms in total. The zero-order chi connectivity index (χ0) is 15.0. The van der Waals surface area contributed by atoms with Gasteiger partial charge in [-0.1, -0.05) is 41.4 Å². The lowest BCUT2D eigenvalue weighted by molar-refractivity contribution is -0.144. The third kappa shape index (κ3) is 2.49. The molecule has 0 aliphatic carbocycles. The Labute approximate surface area is 128 Å². The smallest absolute Gasteiger partial charge is 0.317 e. The van der Waals surface area contributed by atoms with Crippen LogP contribution in [0.25, 0.3) is 0 Å². The number of hydrogen-bond acceptors (Lipinski definition) is 3. The van der Waals surface area contributed by atoms with E-state index in [2.05, 4.69) is 0 Å². The second kappa shape index (κ2) is 5.41. The number of aryl methyl sites for hydroxylation is 1. The number of rotatable bonds is 2. The SMILES string of the molecule is COC(=O)C1c2cc(C)ccc2OC1c1ccc(Cl)cc1. The van der Waals surface area contributed by atoms with Gasteiger partial charge in [-0.2, -0.15) is 0 Å². The molecule has 2 aromatic carbocycles. The van der Waals surface area contributed by atoms with Crippen molar-refractivity contribution in [3.05, 3.63) is 64.2 Å². The van der Waals surface area contributed by atoms with E-state index in [0.29, 0.717) is 5.02 Å². The van der Waals surface area contributed by atoms with E-state index in [9.17, 15) is 4.79 Å². The summed E-state index contributed by atoms with van der Waals surface area (Å²) in [5, 5.41) is 0.653. The molecule has 108 valence electrons. The third-order valence-corrected chi connectivity index (χ3v) is 3.96. The Morgan fingerprint density at radius 3 is 2.57 bits per heavy atom. The maximum atomic E-state index is 12.2. The summed E-state index contributed by atoms with van der Waals surface area (Å²) in [6, 6.07) is 13.2. The Balaban J connectivity index is 2.05. The van der Waals surface area contributed by atoms with Gasteiger partial charge in [0.1, 0.15) is 17.8 Å². The molecule has 0 saturated heterocycles. The maximum Gasteiger partial charge on any atom is 0.317 e. The van der Waals surface area contributed by atoms with Crippen molar-refractivity contribution in [2.75, 3.05) is 7.11 Å². The van der Waals surface area contributed by atoms with Crippen molar-refractivity contribution in [3.8, 4) is 5.75 Å². The number of halogens is 1. The topological polar surface area (TPSA) is 35.5 Å². The summed E-state index contributed by atoms with van der Waals surface area (Å²) in [6.45, 7) is 1.99. The van der Waals surface area contributed by atoms with Crippen molar-refractivity contribution in [2.45, 2.75) is 18.9 Å². The predicted molar refractivity (Wildman–Crippen MR) is 80.8 cm³/mol.